The molecule has 7 N–H and O–H groups in total. The molecule has 1 rings (SSSR count). The van der Waals surface area contributed by atoms with Gasteiger partial charge in [-0.15, -0.1) is 0 Å². The van der Waals surface area contributed by atoms with Gasteiger partial charge in [-0.25, -0.2) is 4.79 Å². The van der Waals surface area contributed by atoms with E-state index in [0.717, 1.165) is 5.56 Å². The van der Waals surface area contributed by atoms with E-state index in [9.17, 15) is 29.1 Å². The smallest absolute Gasteiger partial charge is 0.326 e. The Bertz CT molecular complexity index is 798. The Morgan fingerprint density at radius 2 is 1.58 bits per heavy atom. The molecule has 1 aromatic carbocycles. The molecule has 0 radical (unpaired) electrons. The van der Waals surface area contributed by atoms with Crippen molar-refractivity contribution in [2.75, 3.05) is 6.54 Å². The van der Waals surface area contributed by atoms with Crippen molar-refractivity contribution in [1.29, 1.82) is 0 Å². The number of carboxylic acids is 2. The fourth-order valence-electron chi connectivity index (χ4n) is 2.65. The van der Waals surface area contributed by atoms with Gasteiger partial charge < -0.3 is 31.9 Å². The predicted octanol–water partition coefficient (Wildman–Crippen LogP) is -1.14. The summed E-state index contributed by atoms with van der Waals surface area (Å²) < 4.78 is 0. The third-order valence-electron chi connectivity index (χ3n) is 4.32. The topological polar surface area (TPSA) is 188 Å². The summed E-state index contributed by atoms with van der Waals surface area (Å²) in [6, 6.07) is 5.21. The molecule has 0 spiro atoms. The van der Waals surface area contributed by atoms with Gasteiger partial charge in [-0.2, -0.15) is 0 Å². The van der Waals surface area contributed by atoms with Crippen molar-refractivity contribution in [2.24, 2.45) is 11.7 Å². The zero-order valence-electron chi connectivity index (χ0n) is 17.3. The molecular weight excluding hydrogens is 408 g/mol. The molecule has 0 aliphatic heterocycles. The first kappa shape index (κ1) is 25.6. The largest absolute Gasteiger partial charge is 0.481 e. The Morgan fingerprint density at radius 1 is 0.968 bits per heavy atom. The van der Waals surface area contributed by atoms with E-state index in [-0.39, 0.29) is 12.3 Å². The lowest BCUT2D eigenvalue weighted by molar-refractivity contribution is -0.142. The number of hydrogen-bond acceptors (Lipinski definition) is 6. The van der Waals surface area contributed by atoms with Crippen molar-refractivity contribution in [3.05, 3.63) is 35.9 Å². The number of nitrogens with two attached hydrogens (primary N) is 1. The van der Waals surface area contributed by atoms with Crippen LogP contribution in [-0.4, -0.2) is 64.5 Å². The van der Waals surface area contributed by atoms with Crippen molar-refractivity contribution in [2.45, 2.75) is 44.8 Å². The molecule has 11 heteroatoms. The predicted molar refractivity (Wildman–Crippen MR) is 110 cm³/mol. The molecule has 0 aliphatic carbocycles. The number of aliphatic carboxylic acids is 2. The molecule has 0 bridgehead atoms. The van der Waals surface area contributed by atoms with Crippen LogP contribution >= 0.6 is 0 Å². The molecule has 11 nitrogen and oxygen atoms in total. The third kappa shape index (κ3) is 9.26. The van der Waals surface area contributed by atoms with Gasteiger partial charge in [0, 0.05) is 6.42 Å². The fourth-order valence-corrected chi connectivity index (χ4v) is 2.65. The van der Waals surface area contributed by atoms with Gasteiger partial charge in [0.1, 0.15) is 12.1 Å². The summed E-state index contributed by atoms with van der Waals surface area (Å²) in [5, 5.41) is 25.1. The highest BCUT2D eigenvalue weighted by Gasteiger charge is 2.29. The Labute approximate surface area is 179 Å². The summed E-state index contributed by atoms with van der Waals surface area (Å²) >= 11 is 0. The lowest BCUT2D eigenvalue weighted by Gasteiger charge is -2.24. The van der Waals surface area contributed by atoms with E-state index in [1.54, 1.807) is 44.2 Å². The second-order valence-corrected chi connectivity index (χ2v) is 7.30. The van der Waals surface area contributed by atoms with Gasteiger partial charge in [0.2, 0.25) is 17.7 Å². The van der Waals surface area contributed by atoms with Crippen LogP contribution in [0.25, 0.3) is 0 Å². The first-order chi connectivity index (χ1) is 14.5. The summed E-state index contributed by atoms with van der Waals surface area (Å²) in [6.07, 6.45) is -0.527. The Morgan fingerprint density at radius 3 is 2.10 bits per heavy atom. The molecule has 3 atom stereocenters. The highest BCUT2D eigenvalue weighted by atomic mass is 16.4. The van der Waals surface area contributed by atoms with Gasteiger partial charge in [0.05, 0.1) is 19.0 Å². The van der Waals surface area contributed by atoms with Crippen LogP contribution in [0.4, 0.5) is 0 Å². The zero-order chi connectivity index (χ0) is 23.6. The van der Waals surface area contributed by atoms with Gasteiger partial charge >= 0.3 is 11.9 Å². The van der Waals surface area contributed by atoms with E-state index in [2.05, 4.69) is 16.0 Å². The van der Waals surface area contributed by atoms with E-state index in [1.807, 2.05) is 0 Å². The second-order valence-electron chi connectivity index (χ2n) is 7.30. The molecule has 3 amide bonds. The maximum absolute atomic E-state index is 12.6. The lowest BCUT2D eigenvalue weighted by atomic mass is 10.0. The van der Waals surface area contributed by atoms with E-state index < -0.39 is 60.8 Å². The van der Waals surface area contributed by atoms with Gasteiger partial charge in [-0.3, -0.25) is 19.2 Å². The van der Waals surface area contributed by atoms with Crippen molar-refractivity contribution in [3.8, 4) is 0 Å². The molecule has 0 heterocycles. The number of carboxylic acid groups (broad SMARTS) is 2. The van der Waals surface area contributed by atoms with Gasteiger partial charge in [0.25, 0.3) is 0 Å². The van der Waals surface area contributed by atoms with Gasteiger partial charge in [0.15, 0.2) is 0 Å². The van der Waals surface area contributed by atoms with E-state index in [0.29, 0.717) is 0 Å². The van der Waals surface area contributed by atoms with Crippen LogP contribution in [0.3, 0.4) is 0 Å². The van der Waals surface area contributed by atoms with E-state index in [4.69, 9.17) is 10.8 Å². The molecule has 3 unspecified atom stereocenters. The van der Waals surface area contributed by atoms with Crippen molar-refractivity contribution >= 4 is 29.7 Å². The number of rotatable bonds is 12. The summed E-state index contributed by atoms with van der Waals surface area (Å²) in [5.41, 5.74) is 6.13. The van der Waals surface area contributed by atoms with Crippen LogP contribution in [-0.2, 0) is 30.4 Å². The minimum absolute atomic E-state index is 0.0677. The third-order valence-corrected chi connectivity index (χ3v) is 4.32. The standard InChI is InChI=1S/C20H28N4O7/c1-11(2)17(24-15(25)10-22-18(28)13(21)9-16(26)27)19(29)23-14(20(30)31)8-12-6-4-3-5-7-12/h3-7,11,13-14,17H,8-10,21H2,1-2H3,(H,22,28)(H,23,29)(H,24,25)(H,26,27)(H,30,31). The van der Waals surface area contributed by atoms with E-state index >= 15 is 0 Å². The highest BCUT2D eigenvalue weighted by molar-refractivity contribution is 5.93. The van der Waals surface area contributed by atoms with Crippen molar-refractivity contribution in [1.82, 2.24) is 16.0 Å². The summed E-state index contributed by atoms with van der Waals surface area (Å²) in [4.78, 5) is 58.6. The van der Waals surface area contributed by atoms with Crippen molar-refractivity contribution < 1.29 is 34.2 Å². The number of nitrogens with one attached hydrogen (secondary N) is 3. The summed E-state index contributed by atoms with van der Waals surface area (Å²) in [7, 11) is 0. The fraction of sp³-hybridized carbons (Fsp3) is 0.450. The van der Waals surface area contributed by atoms with Crippen LogP contribution in [0.2, 0.25) is 0 Å². The highest BCUT2D eigenvalue weighted by Crippen LogP contribution is 2.06. The average molecular weight is 436 g/mol. The molecule has 0 aliphatic rings. The van der Waals surface area contributed by atoms with Crippen molar-refractivity contribution in [3.63, 3.8) is 0 Å². The minimum Gasteiger partial charge on any atom is -0.481 e. The summed E-state index contributed by atoms with van der Waals surface area (Å²) in [5.74, 6) is -5.06. The molecular formula is C20H28N4O7. The molecule has 0 fully saturated rings. The average Bonchev–Trinajstić information content (AvgIpc) is 2.69. The SMILES string of the molecule is CC(C)C(NC(=O)CNC(=O)C(N)CC(=O)O)C(=O)NC(Cc1ccccc1)C(=O)O. The number of hydrogen-bond donors (Lipinski definition) is 6. The van der Waals surface area contributed by atoms with E-state index in [1.165, 1.54) is 0 Å². The molecule has 170 valence electrons. The minimum atomic E-state index is -1.32. The van der Waals surface area contributed by atoms with Gasteiger partial charge in [-0.05, 0) is 11.5 Å². The maximum atomic E-state index is 12.6. The van der Waals surface area contributed by atoms with Crippen LogP contribution < -0.4 is 21.7 Å². The Hall–Kier alpha value is -3.47. The summed E-state index contributed by atoms with van der Waals surface area (Å²) in [6.45, 7) is 2.81. The normalized spacial score (nSPS) is 13.5. The number of amides is 3. The number of benzene rings is 1. The maximum Gasteiger partial charge on any atom is 0.326 e. The molecule has 0 saturated heterocycles. The van der Waals surface area contributed by atoms with Crippen LogP contribution in [0.15, 0.2) is 30.3 Å². The molecule has 0 aromatic heterocycles. The first-order valence-electron chi connectivity index (χ1n) is 9.62. The Kier molecular flexibility index (Phi) is 10.1. The van der Waals surface area contributed by atoms with Crippen LogP contribution in [0, 0.1) is 5.92 Å². The number of carbonyl (C=O) groups is 5. The first-order valence-corrected chi connectivity index (χ1v) is 9.62. The van der Waals surface area contributed by atoms with Gasteiger partial charge in [-0.1, -0.05) is 44.2 Å². The molecule has 1 aromatic rings. The Balaban J connectivity index is 2.69. The quantitative estimate of drug-likeness (QED) is 0.237. The monoisotopic (exact) mass is 436 g/mol. The molecule has 0 saturated carbocycles. The second kappa shape index (κ2) is 12.3. The zero-order valence-corrected chi connectivity index (χ0v) is 17.3. The van der Waals surface area contributed by atoms with Crippen LogP contribution in [0.1, 0.15) is 25.8 Å². The number of carbonyl (C=O) groups excluding carboxylic acids is 3. The lowest BCUT2D eigenvalue weighted by Crippen LogP contribution is -2.56. The van der Waals surface area contributed by atoms with Crippen LogP contribution in [0.5, 0.6) is 0 Å². The molecule has 31 heavy (non-hydrogen) atoms.